The Morgan fingerprint density at radius 1 is 1.14 bits per heavy atom. The number of amides is 2. The van der Waals surface area contributed by atoms with E-state index in [-0.39, 0.29) is 69.7 Å². The molecule has 1 heterocycles. The van der Waals surface area contributed by atoms with E-state index in [1.807, 2.05) is 0 Å². The maximum atomic E-state index is 11.2. The number of carboxylic acid groups (broad SMARTS) is 1. The van der Waals surface area contributed by atoms with Crippen molar-refractivity contribution >= 4 is 17.8 Å². The summed E-state index contributed by atoms with van der Waals surface area (Å²) >= 11 is 0. The number of aliphatic carboxylic acids is 1. The van der Waals surface area contributed by atoms with Gasteiger partial charge in [-0.3, -0.25) is 19.3 Å². The normalized spacial score (nSPS) is 12.8. The van der Waals surface area contributed by atoms with E-state index in [1.165, 1.54) is 23.5 Å². The Labute approximate surface area is 168 Å². The summed E-state index contributed by atoms with van der Waals surface area (Å²) in [5, 5.41) is 12.1. The molecule has 0 unspecified atom stereocenters. The summed E-state index contributed by atoms with van der Waals surface area (Å²) in [6.45, 7) is 5.02. The molecule has 2 amide bonds. The molecule has 0 aromatic heterocycles. The summed E-state index contributed by atoms with van der Waals surface area (Å²) in [6, 6.07) is 0. The van der Waals surface area contributed by atoms with Gasteiger partial charge in [-0.25, -0.2) is 0 Å². The molecular weight excluding hydrogens is 299 g/mol. The zero-order chi connectivity index (χ0) is 15.4. The Bertz CT molecular complexity index is 341. The Morgan fingerprint density at radius 2 is 1.67 bits per heavy atom. The molecule has 1 rings (SSSR count). The van der Waals surface area contributed by atoms with Crippen LogP contribution in [0.15, 0.2) is 12.2 Å². The van der Waals surface area contributed by atoms with Crippen LogP contribution < -0.4 is 51.4 Å². The van der Waals surface area contributed by atoms with Gasteiger partial charge in [0.15, 0.2) is 0 Å². The van der Waals surface area contributed by atoms with Crippen LogP contribution in [-0.4, -0.2) is 47.4 Å². The van der Waals surface area contributed by atoms with Crippen molar-refractivity contribution in [2.24, 2.45) is 0 Å². The van der Waals surface area contributed by atoms with Gasteiger partial charge in [0, 0.05) is 18.7 Å². The first-order valence-corrected chi connectivity index (χ1v) is 6.91. The van der Waals surface area contributed by atoms with Crippen molar-refractivity contribution in [1.29, 1.82) is 0 Å². The minimum Gasteiger partial charge on any atom is -0.653 e. The number of imide groups is 1. The average molecular weight is 322 g/mol. The Hall–Kier alpha value is -0.0536. The number of nitrogens with zero attached hydrogens (tertiary/aromatic N) is 2. The molecule has 6 nitrogen and oxygen atoms in total. The molecule has 114 valence electrons. The van der Waals surface area contributed by atoms with Crippen molar-refractivity contribution < 1.29 is 70.9 Å². The number of carbonyl (C=O) groups is 3. The average Bonchev–Trinajstić information content (AvgIpc) is 2.69. The van der Waals surface area contributed by atoms with Crippen molar-refractivity contribution in [2.75, 3.05) is 19.6 Å². The van der Waals surface area contributed by atoms with E-state index in [2.05, 4.69) is 19.2 Å². The molecular formula is C14H23KN2O4. The molecule has 0 atom stereocenters. The van der Waals surface area contributed by atoms with Crippen molar-refractivity contribution in [3.8, 4) is 0 Å². The summed E-state index contributed by atoms with van der Waals surface area (Å²) in [5.41, 5.74) is 0. The van der Waals surface area contributed by atoms with Gasteiger partial charge < -0.3 is 10.4 Å². The van der Waals surface area contributed by atoms with Crippen molar-refractivity contribution in [1.82, 2.24) is 4.90 Å². The number of rotatable bonds is 8. The van der Waals surface area contributed by atoms with Crippen LogP contribution in [0.25, 0.3) is 5.32 Å². The van der Waals surface area contributed by atoms with E-state index >= 15 is 0 Å². The zero-order valence-corrected chi connectivity index (χ0v) is 16.3. The fourth-order valence-electron chi connectivity index (χ4n) is 1.50. The quantitative estimate of drug-likeness (QED) is 0.351. The van der Waals surface area contributed by atoms with Crippen LogP contribution >= 0.6 is 0 Å². The van der Waals surface area contributed by atoms with Crippen LogP contribution in [0.4, 0.5) is 0 Å². The number of hydrogen-bond acceptors (Lipinski definition) is 3. The third-order valence-corrected chi connectivity index (χ3v) is 2.35. The second-order valence-corrected chi connectivity index (χ2v) is 4.43. The Balaban J connectivity index is 0. The Morgan fingerprint density at radius 3 is 2.14 bits per heavy atom. The Kier molecular flexibility index (Phi) is 16.4. The molecule has 1 aliphatic rings. The summed E-state index contributed by atoms with van der Waals surface area (Å²) < 4.78 is 0. The first kappa shape index (κ1) is 23.2. The van der Waals surface area contributed by atoms with Crippen molar-refractivity contribution in [3.05, 3.63) is 17.5 Å². The minimum absolute atomic E-state index is 0. The fraction of sp³-hybridized carbons (Fsp3) is 0.643. The van der Waals surface area contributed by atoms with Crippen molar-refractivity contribution in [2.45, 2.75) is 39.5 Å². The molecule has 1 aliphatic heterocycles. The van der Waals surface area contributed by atoms with Crippen LogP contribution in [0, 0.1) is 0 Å². The predicted octanol–water partition coefficient (Wildman–Crippen LogP) is -1.04. The number of carboxylic acids is 1. The molecule has 7 heteroatoms. The van der Waals surface area contributed by atoms with Crippen LogP contribution in [0.2, 0.25) is 0 Å². The second-order valence-electron chi connectivity index (χ2n) is 4.43. The van der Waals surface area contributed by atoms with Gasteiger partial charge in [0.25, 0.3) is 17.8 Å². The van der Waals surface area contributed by atoms with E-state index in [1.54, 1.807) is 0 Å². The molecule has 0 bridgehead atoms. The van der Waals surface area contributed by atoms with Gasteiger partial charge in [0.2, 0.25) is 0 Å². The molecule has 0 radical (unpaired) electrons. The van der Waals surface area contributed by atoms with Gasteiger partial charge in [-0.15, -0.1) is 6.54 Å². The van der Waals surface area contributed by atoms with E-state index in [9.17, 15) is 14.4 Å². The van der Waals surface area contributed by atoms with Gasteiger partial charge in [-0.2, -0.15) is 0 Å². The molecule has 0 saturated heterocycles. The standard InChI is InChI=1S/C11H15N2O4.C3H8.K/c14-9-4-5-10(15)13(9)7-3-1-2-6-12-8-11(16)17;1-3-2;/h4-5H,1-3,6-8H2,(H,16,17);3H2,1-2H3;/q-1;;+1. The van der Waals surface area contributed by atoms with Crippen LogP contribution in [0.5, 0.6) is 0 Å². The molecule has 0 aromatic rings. The number of carbonyl (C=O) groups excluding carboxylic acids is 2. The monoisotopic (exact) mass is 322 g/mol. The first-order chi connectivity index (χ1) is 9.52. The van der Waals surface area contributed by atoms with Gasteiger partial charge in [0.05, 0.1) is 0 Å². The van der Waals surface area contributed by atoms with Gasteiger partial charge in [-0.05, 0) is 13.0 Å². The van der Waals surface area contributed by atoms with Crippen LogP contribution in [0.3, 0.4) is 0 Å². The maximum Gasteiger partial charge on any atom is 1.00 e. The van der Waals surface area contributed by atoms with Gasteiger partial charge >= 0.3 is 51.4 Å². The third kappa shape index (κ3) is 12.2. The minimum atomic E-state index is -0.927. The smallest absolute Gasteiger partial charge is 0.653 e. The maximum absolute atomic E-state index is 11.2. The summed E-state index contributed by atoms with van der Waals surface area (Å²) in [6.07, 6.45) is 6.11. The van der Waals surface area contributed by atoms with E-state index < -0.39 is 5.97 Å². The third-order valence-electron chi connectivity index (χ3n) is 2.35. The molecule has 21 heavy (non-hydrogen) atoms. The van der Waals surface area contributed by atoms with E-state index in [0.717, 1.165) is 19.3 Å². The summed E-state index contributed by atoms with van der Waals surface area (Å²) in [5.74, 6) is -1.44. The zero-order valence-electron chi connectivity index (χ0n) is 13.2. The summed E-state index contributed by atoms with van der Waals surface area (Å²) in [4.78, 5) is 33.7. The molecule has 0 saturated carbocycles. The SMILES string of the molecule is CCC.O=C(O)C[N-]CCCCCN1C(=O)C=CC1=O.[K+]. The van der Waals surface area contributed by atoms with Crippen molar-refractivity contribution in [3.63, 3.8) is 0 Å². The second kappa shape index (κ2) is 14.9. The van der Waals surface area contributed by atoms with Crippen LogP contribution in [-0.2, 0) is 14.4 Å². The summed E-state index contributed by atoms with van der Waals surface area (Å²) in [7, 11) is 0. The van der Waals surface area contributed by atoms with E-state index in [0.29, 0.717) is 13.1 Å². The fourth-order valence-corrected chi connectivity index (χ4v) is 1.50. The molecule has 0 aromatic carbocycles. The molecule has 1 N–H and O–H groups in total. The molecule has 0 fully saturated rings. The van der Waals surface area contributed by atoms with Gasteiger partial charge in [-0.1, -0.05) is 33.1 Å². The number of unbranched alkanes of at least 4 members (excludes halogenated alkanes) is 2. The van der Waals surface area contributed by atoms with Crippen LogP contribution in [0.1, 0.15) is 39.5 Å². The topological polar surface area (TPSA) is 88.8 Å². The predicted molar refractivity (Wildman–Crippen MR) is 76.4 cm³/mol. The number of hydrogen-bond donors (Lipinski definition) is 1. The molecule has 0 aliphatic carbocycles. The first-order valence-electron chi connectivity index (χ1n) is 6.91. The van der Waals surface area contributed by atoms with Gasteiger partial charge in [0.1, 0.15) is 0 Å². The van der Waals surface area contributed by atoms with E-state index in [4.69, 9.17) is 5.11 Å². The largest absolute Gasteiger partial charge is 1.00 e. The molecule has 0 spiro atoms.